The molecule has 2 nitrogen and oxygen atoms in total. The van der Waals surface area contributed by atoms with Crippen molar-refractivity contribution in [2.75, 3.05) is 0 Å². The van der Waals surface area contributed by atoms with Crippen molar-refractivity contribution in [1.82, 2.24) is 9.77 Å². The molecule has 0 radical (unpaired) electrons. The van der Waals surface area contributed by atoms with Gasteiger partial charge < -0.3 is 0 Å². The summed E-state index contributed by atoms with van der Waals surface area (Å²) >= 11 is 0. The topological polar surface area (TPSA) is 17.8 Å². The predicted molar refractivity (Wildman–Crippen MR) is 61.7 cm³/mol. The summed E-state index contributed by atoms with van der Waals surface area (Å²) in [5, 5.41) is 0. The Morgan fingerprint density at radius 2 is 1.56 bits per heavy atom. The minimum Gasteiger partial charge on any atom is -0.226 e. The largest absolute Gasteiger partial charge is 0.226 e. The van der Waals surface area contributed by atoms with Crippen molar-refractivity contribution >= 4 is 11.0 Å². The van der Waals surface area contributed by atoms with Gasteiger partial charge in [0.2, 0.25) is 0 Å². The third-order valence-corrected chi connectivity index (χ3v) is 2.54. The second kappa shape index (κ2) is 3.45. The van der Waals surface area contributed by atoms with Gasteiger partial charge in [0, 0.05) is 5.56 Å². The van der Waals surface area contributed by atoms with Crippen LogP contribution in [0.3, 0.4) is 0 Å². The van der Waals surface area contributed by atoms with Crippen LogP contribution in [0.5, 0.6) is 0 Å². The van der Waals surface area contributed by atoms with Gasteiger partial charge in [-0.3, -0.25) is 0 Å². The molecule has 16 heavy (non-hydrogen) atoms. The van der Waals surface area contributed by atoms with E-state index in [1.807, 2.05) is 36.4 Å². The van der Waals surface area contributed by atoms with Crippen molar-refractivity contribution < 1.29 is 4.48 Å². The summed E-state index contributed by atoms with van der Waals surface area (Å²) in [6, 6.07) is 16.5. The van der Waals surface area contributed by atoms with E-state index in [2.05, 4.69) is 4.98 Å². The fourth-order valence-electron chi connectivity index (χ4n) is 1.76. The van der Waals surface area contributed by atoms with Crippen LogP contribution in [0.15, 0.2) is 54.6 Å². The van der Waals surface area contributed by atoms with Gasteiger partial charge >= 0.3 is 0 Å². The van der Waals surface area contributed by atoms with Crippen LogP contribution in [0.25, 0.3) is 22.4 Å². The average Bonchev–Trinajstić information content (AvgIpc) is 2.69. The van der Waals surface area contributed by atoms with Gasteiger partial charge in [0.25, 0.3) is 0 Å². The van der Waals surface area contributed by atoms with Crippen molar-refractivity contribution in [2.45, 2.75) is 0 Å². The number of aromatic nitrogens is 2. The van der Waals surface area contributed by atoms with Crippen LogP contribution < -0.4 is 0 Å². The summed E-state index contributed by atoms with van der Waals surface area (Å²) in [5.74, 6) is 0.349. The van der Waals surface area contributed by atoms with E-state index < -0.39 is 0 Å². The van der Waals surface area contributed by atoms with Crippen molar-refractivity contribution in [3.8, 4) is 11.4 Å². The molecule has 0 spiro atoms. The first kappa shape index (κ1) is 9.09. The molecule has 0 saturated heterocycles. The summed E-state index contributed by atoms with van der Waals surface area (Å²) in [4.78, 5) is 4.90. The first-order valence-corrected chi connectivity index (χ1v) is 5.05. The standard InChI is InChI=1S/C13H9FN2/c14-16-12-9-5-4-8-11(12)15-13(16)10-6-2-1-3-7-10/h1-9H. The quantitative estimate of drug-likeness (QED) is 0.604. The van der Waals surface area contributed by atoms with Gasteiger partial charge in [-0.05, 0) is 12.1 Å². The smallest absolute Gasteiger partial charge is 0.171 e. The highest BCUT2D eigenvalue weighted by molar-refractivity contribution is 5.79. The Kier molecular flexibility index (Phi) is 1.96. The Morgan fingerprint density at radius 1 is 0.875 bits per heavy atom. The Balaban J connectivity index is 2.29. The first-order chi connectivity index (χ1) is 7.86. The zero-order valence-electron chi connectivity index (χ0n) is 8.47. The van der Waals surface area contributed by atoms with Gasteiger partial charge in [-0.25, -0.2) is 4.98 Å². The summed E-state index contributed by atoms with van der Waals surface area (Å²) in [7, 11) is 0. The molecule has 78 valence electrons. The number of imidazole rings is 1. The number of benzene rings is 2. The lowest BCUT2D eigenvalue weighted by atomic mass is 10.2. The van der Waals surface area contributed by atoms with Crippen LogP contribution in [0.4, 0.5) is 4.48 Å². The normalized spacial score (nSPS) is 10.8. The third-order valence-electron chi connectivity index (χ3n) is 2.54. The Hall–Kier alpha value is -2.16. The van der Waals surface area contributed by atoms with Crippen molar-refractivity contribution in [3.63, 3.8) is 0 Å². The molecule has 0 aliphatic rings. The number of rotatable bonds is 1. The van der Waals surface area contributed by atoms with E-state index >= 15 is 0 Å². The van der Waals surface area contributed by atoms with E-state index in [4.69, 9.17) is 0 Å². The number of para-hydroxylation sites is 2. The van der Waals surface area contributed by atoms with Crippen molar-refractivity contribution in [2.24, 2.45) is 0 Å². The maximum absolute atomic E-state index is 14.0. The molecule has 0 saturated carbocycles. The maximum Gasteiger partial charge on any atom is 0.171 e. The van der Waals surface area contributed by atoms with E-state index in [9.17, 15) is 4.48 Å². The summed E-state index contributed by atoms with van der Waals surface area (Å²) in [6.07, 6.45) is 0. The molecular weight excluding hydrogens is 203 g/mol. The highest BCUT2D eigenvalue weighted by atomic mass is 19.2. The van der Waals surface area contributed by atoms with Gasteiger partial charge in [-0.2, -0.15) is 4.79 Å². The van der Waals surface area contributed by atoms with Crippen LogP contribution >= 0.6 is 0 Å². The van der Waals surface area contributed by atoms with Crippen LogP contribution in [-0.2, 0) is 0 Å². The number of hydrogen-bond acceptors (Lipinski definition) is 1. The molecule has 0 aliphatic heterocycles. The SMILES string of the molecule is Fn1c(-c2ccccc2)nc2ccccc21. The number of halogens is 1. The molecular formula is C13H9FN2. The van der Waals surface area contributed by atoms with Crippen molar-refractivity contribution in [3.05, 3.63) is 54.6 Å². The number of nitrogens with zero attached hydrogens (tertiary/aromatic N) is 2. The molecule has 0 unspecified atom stereocenters. The monoisotopic (exact) mass is 212 g/mol. The fraction of sp³-hybridized carbons (Fsp3) is 0. The second-order valence-electron chi connectivity index (χ2n) is 3.57. The van der Waals surface area contributed by atoms with E-state index in [1.165, 1.54) is 0 Å². The maximum atomic E-state index is 14.0. The Morgan fingerprint density at radius 3 is 2.31 bits per heavy atom. The van der Waals surface area contributed by atoms with Crippen LogP contribution in [-0.4, -0.2) is 9.77 Å². The lowest BCUT2D eigenvalue weighted by Gasteiger charge is -1.97. The molecule has 3 heteroatoms. The Bertz CT molecular complexity index is 629. The molecule has 0 fully saturated rings. The molecule has 1 heterocycles. The lowest BCUT2D eigenvalue weighted by Crippen LogP contribution is -1.87. The van der Waals surface area contributed by atoms with E-state index in [-0.39, 0.29) is 0 Å². The molecule has 0 N–H and O–H groups in total. The predicted octanol–water partition coefficient (Wildman–Crippen LogP) is 3.44. The second-order valence-corrected chi connectivity index (χ2v) is 3.57. The Labute approximate surface area is 91.9 Å². The van der Waals surface area contributed by atoms with E-state index in [0.29, 0.717) is 21.6 Å². The van der Waals surface area contributed by atoms with E-state index in [1.54, 1.807) is 18.2 Å². The molecule has 0 aliphatic carbocycles. The van der Waals surface area contributed by atoms with Gasteiger partial charge in [0.1, 0.15) is 5.52 Å². The van der Waals surface area contributed by atoms with Gasteiger partial charge in [-0.1, -0.05) is 46.9 Å². The number of fused-ring (bicyclic) bond motifs is 1. The summed E-state index contributed by atoms with van der Waals surface area (Å²) < 4.78 is 14.0. The molecule has 3 rings (SSSR count). The van der Waals surface area contributed by atoms with Crippen LogP contribution in [0.2, 0.25) is 0 Å². The molecule has 0 atom stereocenters. The minimum atomic E-state index is 0.349. The molecule has 3 aromatic rings. The highest BCUT2D eigenvalue weighted by Gasteiger charge is 2.10. The third kappa shape index (κ3) is 1.29. The first-order valence-electron chi connectivity index (χ1n) is 5.05. The van der Waals surface area contributed by atoms with Crippen LogP contribution in [0.1, 0.15) is 0 Å². The van der Waals surface area contributed by atoms with Gasteiger partial charge in [-0.15, -0.1) is 0 Å². The fourth-order valence-corrected chi connectivity index (χ4v) is 1.76. The molecule has 2 aromatic carbocycles. The zero-order valence-corrected chi connectivity index (χ0v) is 8.47. The lowest BCUT2D eigenvalue weighted by molar-refractivity contribution is 0.391. The minimum absolute atomic E-state index is 0.349. The van der Waals surface area contributed by atoms with E-state index in [0.717, 1.165) is 5.56 Å². The summed E-state index contributed by atoms with van der Waals surface area (Å²) in [5.41, 5.74) is 1.95. The van der Waals surface area contributed by atoms with Gasteiger partial charge in [0.05, 0.1) is 5.52 Å². The summed E-state index contributed by atoms with van der Waals surface area (Å²) in [6.45, 7) is 0. The van der Waals surface area contributed by atoms with Gasteiger partial charge in [0.15, 0.2) is 5.82 Å². The highest BCUT2D eigenvalue weighted by Crippen LogP contribution is 2.24. The molecule has 0 amide bonds. The average molecular weight is 212 g/mol. The van der Waals surface area contributed by atoms with Crippen molar-refractivity contribution in [1.29, 1.82) is 0 Å². The molecule has 0 bridgehead atoms. The van der Waals surface area contributed by atoms with Crippen LogP contribution in [0, 0.1) is 0 Å². The number of hydrogen-bond donors (Lipinski definition) is 0. The molecule has 1 aromatic heterocycles. The zero-order chi connectivity index (χ0) is 11.0.